The van der Waals surface area contributed by atoms with Gasteiger partial charge in [0.25, 0.3) is 0 Å². The van der Waals surface area contributed by atoms with Crippen molar-refractivity contribution < 1.29 is 8.83 Å². The number of hydrogen-bond acceptors (Lipinski definition) is 5. The van der Waals surface area contributed by atoms with Crippen LogP contribution in [0.5, 0.6) is 0 Å². The Labute approximate surface area is 275 Å². The van der Waals surface area contributed by atoms with Crippen molar-refractivity contribution in [3.05, 3.63) is 150 Å². The first-order valence-corrected chi connectivity index (χ1v) is 16.2. The molecule has 0 amide bonds. The molecule has 0 fully saturated rings. The van der Waals surface area contributed by atoms with Gasteiger partial charge in [-0.15, -0.1) is 0 Å². The molecule has 9 aromatic rings. The molecule has 0 bridgehead atoms. The van der Waals surface area contributed by atoms with Crippen LogP contribution in [0.25, 0.3) is 89.7 Å². The van der Waals surface area contributed by atoms with Crippen molar-refractivity contribution in [1.82, 2.24) is 15.0 Å². The molecule has 48 heavy (non-hydrogen) atoms. The zero-order valence-corrected chi connectivity index (χ0v) is 25.9. The van der Waals surface area contributed by atoms with Gasteiger partial charge in [0, 0.05) is 38.2 Å². The number of allylic oxidation sites excluding steroid dienone is 1. The molecule has 1 aliphatic rings. The number of aromatic nitrogens is 3. The predicted octanol–water partition coefficient (Wildman–Crippen LogP) is 11.2. The van der Waals surface area contributed by atoms with Crippen LogP contribution >= 0.6 is 0 Å². The van der Waals surface area contributed by atoms with Gasteiger partial charge in [-0.1, -0.05) is 115 Å². The molecule has 0 saturated heterocycles. The molecule has 226 valence electrons. The largest absolute Gasteiger partial charge is 0.455 e. The monoisotopic (exact) mass is 617 g/mol. The lowest BCUT2D eigenvalue weighted by Gasteiger charge is -2.17. The summed E-state index contributed by atoms with van der Waals surface area (Å²) in [6, 6.07) is 45.5. The Hall–Kier alpha value is -6.33. The highest BCUT2D eigenvalue weighted by atomic mass is 16.3. The minimum Gasteiger partial charge on any atom is -0.455 e. The number of fused-ring (bicyclic) bond motifs is 7. The molecule has 6 aromatic carbocycles. The van der Waals surface area contributed by atoms with E-state index in [1.54, 1.807) is 0 Å². The summed E-state index contributed by atoms with van der Waals surface area (Å²) >= 11 is 0. The topological polar surface area (TPSA) is 65.0 Å². The Morgan fingerprint density at radius 1 is 0.438 bits per heavy atom. The van der Waals surface area contributed by atoms with Crippen LogP contribution in [0.4, 0.5) is 0 Å². The summed E-state index contributed by atoms with van der Waals surface area (Å²) < 4.78 is 13.1. The SMILES string of the molecule is C1=C(c2ccc(-c3nc(-c4ccccc4)nc(-c4cccc5c4oc4ccccc45)n3)c3c2oc2ccccc23)CCc2ccccc21. The fourth-order valence-electron chi connectivity index (χ4n) is 7.17. The van der Waals surface area contributed by atoms with E-state index in [-0.39, 0.29) is 0 Å². The summed E-state index contributed by atoms with van der Waals surface area (Å²) in [4.78, 5) is 15.4. The number of nitrogens with zero attached hydrogens (tertiary/aromatic N) is 3. The molecular formula is C43H27N3O2. The van der Waals surface area contributed by atoms with Gasteiger partial charge in [0.05, 0.1) is 5.56 Å². The van der Waals surface area contributed by atoms with Gasteiger partial charge in [0.1, 0.15) is 22.3 Å². The third-order valence-electron chi connectivity index (χ3n) is 9.47. The van der Waals surface area contributed by atoms with Crippen molar-refractivity contribution in [3.8, 4) is 34.2 Å². The maximum Gasteiger partial charge on any atom is 0.167 e. The van der Waals surface area contributed by atoms with E-state index in [1.165, 1.54) is 16.7 Å². The van der Waals surface area contributed by atoms with E-state index in [9.17, 15) is 0 Å². The Kier molecular flexibility index (Phi) is 5.93. The number of benzene rings is 6. The number of para-hydroxylation sites is 3. The third-order valence-corrected chi connectivity index (χ3v) is 9.47. The Morgan fingerprint density at radius 3 is 1.96 bits per heavy atom. The van der Waals surface area contributed by atoms with Crippen LogP contribution in [0.1, 0.15) is 23.1 Å². The lowest BCUT2D eigenvalue weighted by Crippen LogP contribution is -2.02. The fourth-order valence-corrected chi connectivity index (χ4v) is 7.17. The third kappa shape index (κ3) is 4.21. The van der Waals surface area contributed by atoms with E-state index >= 15 is 0 Å². The average Bonchev–Trinajstić information content (AvgIpc) is 3.74. The van der Waals surface area contributed by atoms with Gasteiger partial charge >= 0.3 is 0 Å². The Morgan fingerprint density at radius 2 is 1.08 bits per heavy atom. The summed E-state index contributed by atoms with van der Waals surface area (Å²) in [6.07, 6.45) is 4.25. The van der Waals surface area contributed by atoms with Crippen LogP contribution in [0.3, 0.4) is 0 Å². The van der Waals surface area contributed by atoms with Crippen LogP contribution in [-0.4, -0.2) is 15.0 Å². The quantitative estimate of drug-likeness (QED) is 0.197. The van der Waals surface area contributed by atoms with Gasteiger partial charge in [-0.25, -0.2) is 15.0 Å². The molecule has 0 unspecified atom stereocenters. The van der Waals surface area contributed by atoms with Gasteiger partial charge in [-0.05, 0) is 53.8 Å². The molecule has 0 radical (unpaired) electrons. The highest BCUT2D eigenvalue weighted by Gasteiger charge is 2.23. The van der Waals surface area contributed by atoms with Crippen LogP contribution in [0, 0.1) is 0 Å². The number of hydrogen-bond donors (Lipinski definition) is 0. The van der Waals surface area contributed by atoms with Crippen molar-refractivity contribution in [3.63, 3.8) is 0 Å². The molecule has 3 aromatic heterocycles. The lowest BCUT2D eigenvalue weighted by molar-refractivity contribution is 0.667. The molecule has 0 spiro atoms. The second-order valence-electron chi connectivity index (χ2n) is 12.3. The van der Waals surface area contributed by atoms with Crippen molar-refractivity contribution in [2.45, 2.75) is 12.8 Å². The highest BCUT2D eigenvalue weighted by molar-refractivity contribution is 6.15. The minimum atomic E-state index is 0.556. The van der Waals surface area contributed by atoms with Gasteiger partial charge < -0.3 is 8.83 Å². The number of furan rings is 2. The molecule has 0 atom stereocenters. The van der Waals surface area contributed by atoms with Gasteiger partial charge in [-0.2, -0.15) is 0 Å². The van der Waals surface area contributed by atoms with Crippen LogP contribution in [0.2, 0.25) is 0 Å². The maximum atomic E-state index is 6.68. The van der Waals surface area contributed by atoms with Crippen molar-refractivity contribution in [2.24, 2.45) is 0 Å². The smallest absolute Gasteiger partial charge is 0.167 e. The van der Waals surface area contributed by atoms with E-state index in [2.05, 4.69) is 66.7 Å². The molecule has 0 aliphatic heterocycles. The minimum absolute atomic E-state index is 0.556. The van der Waals surface area contributed by atoms with Crippen molar-refractivity contribution in [2.75, 3.05) is 0 Å². The van der Waals surface area contributed by atoms with Gasteiger partial charge in [0.2, 0.25) is 0 Å². The molecule has 1 aliphatic carbocycles. The highest BCUT2D eigenvalue weighted by Crippen LogP contribution is 2.43. The molecule has 3 heterocycles. The summed E-state index contributed by atoms with van der Waals surface area (Å²) in [5.74, 6) is 1.73. The second-order valence-corrected chi connectivity index (χ2v) is 12.3. The van der Waals surface area contributed by atoms with E-state index in [4.69, 9.17) is 23.8 Å². The summed E-state index contributed by atoms with van der Waals surface area (Å²) in [6.45, 7) is 0. The van der Waals surface area contributed by atoms with Crippen molar-refractivity contribution in [1.29, 1.82) is 0 Å². The second kappa shape index (κ2) is 10.6. The first-order chi connectivity index (χ1) is 23.8. The normalized spacial score (nSPS) is 13.0. The standard InChI is InChI=1S/C43H27N3O2/c1-2-12-27(13-3-1)41-44-42(46-43(45-41)35-18-10-17-32-31-15-6-8-19-36(31)47-39(32)35)34-24-23-30(29-22-21-26-11-4-5-14-28(26)25-29)40-38(34)33-16-7-9-20-37(33)48-40/h1-20,23-25H,21-22H2. The van der Waals surface area contributed by atoms with Gasteiger partial charge in [-0.3, -0.25) is 0 Å². The van der Waals surface area contributed by atoms with E-state index in [1.807, 2.05) is 72.8 Å². The fraction of sp³-hybridized carbons (Fsp3) is 0.0465. The van der Waals surface area contributed by atoms with E-state index in [0.717, 1.165) is 79.0 Å². The first kappa shape index (κ1) is 26.8. The molecule has 5 nitrogen and oxygen atoms in total. The maximum absolute atomic E-state index is 6.68. The van der Waals surface area contributed by atoms with Crippen molar-refractivity contribution >= 4 is 55.5 Å². The van der Waals surface area contributed by atoms with Crippen LogP contribution in [0.15, 0.2) is 142 Å². The van der Waals surface area contributed by atoms with Gasteiger partial charge in [0.15, 0.2) is 17.5 Å². The van der Waals surface area contributed by atoms with Crippen LogP contribution < -0.4 is 0 Å². The average molecular weight is 618 g/mol. The first-order valence-electron chi connectivity index (χ1n) is 16.2. The lowest BCUT2D eigenvalue weighted by atomic mass is 9.87. The zero-order chi connectivity index (χ0) is 31.6. The number of rotatable bonds is 4. The molecule has 10 rings (SSSR count). The zero-order valence-electron chi connectivity index (χ0n) is 25.9. The predicted molar refractivity (Wildman–Crippen MR) is 193 cm³/mol. The molecule has 0 saturated carbocycles. The molecule has 5 heteroatoms. The van der Waals surface area contributed by atoms with E-state index in [0.29, 0.717) is 17.5 Å². The molecule has 0 N–H and O–H groups in total. The van der Waals surface area contributed by atoms with Crippen LogP contribution in [-0.2, 0) is 6.42 Å². The summed E-state index contributed by atoms with van der Waals surface area (Å²) in [5, 5.41) is 4.12. The number of aryl methyl sites for hydroxylation is 1. The van der Waals surface area contributed by atoms with E-state index < -0.39 is 0 Å². The summed E-state index contributed by atoms with van der Waals surface area (Å²) in [7, 11) is 0. The summed E-state index contributed by atoms with van der Waals surface area (Å²) in [5.41, 5.74) is 10.9. The Bertz CT molecular complexity index is 2740. The molecular weight excluding hydrogens is 590 g/mol. The Balaban J connectivity index is 1.24.